The van der Waals surface area contributed by atoms with Crippen LogP contribution in [0.25, 0.3) is 0 Å². The predicted octanol–water partition coefficient (Wildman–Crippen LogP) is 2.56. The number of hydrogen-bond acceptors (Lipinski definition) is 3. The second-order valence-corrected chi connectivity index (χ2v) is 5.03. The summed E-state index contributed by atoms with van der Waals surface area (Å²) in [7, 11) is 0. The first-order valence-corrected chi connectivity index (χ1v) is 6.66. The molecule has 0 aliphatic carbocycles. The predicted molar refractivity (Wildman–Crippen MR) is 67.3 cm³/mol. The fraction of sp³-hybridized carbons (Fsp3) is 0.571. The van der Waals surface area contributed by atoms with Crippen molar-refractivity contribution in [1.29, 1.82) is 0 Å². The van der Waals surface area contributed by atoms with Crippen LogP contribution in [0.15, 0.2) is 24.5 Å². The van der Waals surface area contributed by atoms with Gasteiger partial charge in [-0.15, -0.1) is 0 Å². The Hall–Kier alpha value is -1.58. The van der Waals surface area contributed by atoms with Crippen molar-refractivity contribution in [3.05, 3.63) is 30.1 Å². The Morgan fingerprint density at radius 1 is 1.56 bits per heavy atom. The van der Waals surface area contributed by atoms with E-state index in [-0.39, 0.29) is 6.09 Å². The van der Waals surface area contributed by atoms with Gasteiger partial charge in [0.25, 0.3) is 0 Å². The van der Waals surface area contributed by atoms with E-state index in [1.54, 1.807) is 6.20 Å². The Balaban J connectivity index is 1.80. The highest BCUT2D eigenvalue weighted by Gasteiger charge is 2.49. The Kier molecular flexibility index (Phi) is 2.94. The first kappa shape index (κ1) is 11.5. The number of amides is 1. The molecule has 2 saturated heterocycles. The van der Waals surface area contributed by atoms with Gasteiger partial charge in [-0.25, -0.2) is 4.79 Å². The molecule has 18 heavy (non-hydrogen) atoms. The van der Waals surface area contributed by atoms with Crippen molar-refractivity contribution in [2.24, 2.45) is 0 Å². The summed E-state index contributed by atoms with van der Waals surface area (Å²) in [5.41, 5.74) is 1.25. The molecule has 1 aromatic rings. The van der Waals surface area contributed by atoms with Gasteiger partial charge in [-0.2, -0.15) is 0 Å². The van der Waals surface area contributed by atoms with Crippen molar-refractivity contribution in [3.63, 3.8) is 0 Å². The zero-order chi connectivity index (χ0) is 12.5. The molecule has 0 aromatic carbocycles. The monoisotopic (exact) mass is 246 g/mol. The summed E-state index contributed by atoms with van der Waals surface area (Å²) < 4.78 is 5.16. The molecule has 1 aromatic heterocycles. The Labute approximate surface area is 107 Å². The SMILES string of the molecule is CCOC(=O)N1[C@H]2CC[C@@H]1[C@@H](c1cccnc1)C2. The molecule has 0 spiro atoms. The third-order valence-electron chi connectivity index (χ3n) is 4.13. The molecule has 0 N–H and O–H groups in total. The third kappa shape index (κ3) is 1.76. The quantitative estimate of drug-likeness (QED) is 0.805. The largest absolute Gasteiger partial charge is 0.450 e. The Bertz CT molecular complexity index is 435. The van der Waals surface area contributed by atoms with E-state index in [0.717, 1.165) is 19.3 Å². The molecule has 0 unspecified atom stereocenters. The van der Waals surface area contributed by atoms with E-state index in [9.17, 15) is 4.79 Å². The van der Waals surface area contributed by atoms with Crippen LogP contribution in [0.5, 0.6) is 0 Å². The number of carbonyl (C=O) groups is 1. The minimum absolute atomic E-state index is 0.142. The highest BCUT2D eigenvalue weighted by Crippen LogP contribution is 2.46. The van der Waals surface area contributed by atoms with E-state index in [0.29, 0.717) is 24.6 Å². The lowest BCUT2D eigenvalue weighted by atomic mass is 9.85. The summed E-state index contributed by atoms with van der Waals surface area (Å²) in [6.07, 6.45) is 6.82. The Morgan fingerprint density at radius 3 is 3.17 bits per heavy atom. The zero-order valence-corrected chi connectivity index (χ0v) is 10.6. The molecule has 1 amide bonds. The first-order valence-electron chi connectivity index (χ1n) is 6.66. The molecule has 2 bridgehead atoms. The zero-order valence-electron chi connectivity index (χ0n) is 10.6. The number of pyridine rings is 1. The molecule has 3 heterocycles. The summed E-state index contributed by atoms with van der Waals surface area (Å²) in [6, 6.07) is 4.75. The van der Waals surface area contributed by atoms with E-state index in [2.05, 4.69) is 11.1 Å². The standard InChI is InChI=1S/C14H18N2O2/c1-2-18-14(17)16-11-5-6-13(16)12(8-11)10-4-3-7-15-9-10/h3-4,7,9,11-13H,2,5-6,8H2,1H3/t11-,12+,13+/m0/s1. The van der Waals surface area contributed by atoms with Gasteiger partial charge in [-0.3, -0.25) is 4.98 Å². The van der Waals surface area contributed by atoms with Crippen LogP contribution in [-0.4, -0.2) is 34.7 Å². The Morgan fingerprint density at radius 2 is 2.44 bits per heavy atom. The van der Waals surface area contributed by atoms with E-state index >= 15 is 0 Å². The van der Waals surface area contributed by atoms with Gasteiger partial charge in [0.05, 0.1) is 6.61 Å². The number of ether oxygens (including phenoxy) is 1. The van der Waals surface area contributed by atoms with Gasteiger partial charge in [0.2, 0.25) is 0 Å². The van der Waals surface area contributed by atoms with Crippen LogP contribution in [-0.2, 0) is 4.74 Å². The maximum atomic E-state index is 12.0. The average Bonchev–Trinajstić information content (AvgIpc) is 2.97. The minimum Gasteiger partial charge on any atom is -0.450 e. The van der Waals surface area contributed by atoms with Gasteiger partial charge in [-0.05, 0) is 37.8 Å². The van der Waals surface area contributed by atoms with Crippen molar-refractivity contribution in [3.8, 4) is 0 Å². The lowest BCUT2D eigenvalue weighted by Gasteiger charge is -2.23. The van der Waals surface area contributed by atoms with E-state index in [1.165, 1.54) is 5.56 Å². The molecule has 4 nitrogen and oxygen atoms in total. The van der Waals surface area contributed by atoms with Crippen LogP contribution in [0.2, 0.25) is 0 Å². The van der Waals surface area contributed by atoms with Crippen LogP contribution in [0, 0.1) is 0 Å². The molecule has 4 heteroatoms. The molecule has 96 valence electrons. The molecule has 0 saturated carbocycles. The first-order chi connectivity index (χ1) is 8.81. The molecule has 3 rings (SSSR count). The normalized spacial score (nSPS) is 29.6. The summed E-state index contributed by atoms with van der Waals surface area (Å²) in [5.74, 6) is 0.432. The maximum absolute atomic E-state index is 12.0. The maximum Gasteiger partial charge on any atom is 0.410 e. The molecule has 2 fully saturated rings. The number of carbonyl (C=O) groups excluding carboxylic acids is 1. The summed E-state index contributed by atoms with van der Waals surface area (Å²) in [5, 5.41) is 0. The van der Waals surface area contributed by atoms with Gasteiger partial charge >= 0.3 is 6.09 Å². The highest BCUT2D eigenvalue weighted by atomic mass is 16.6. The van der Waals surface area contributed by atoms with Gasteiger partial charge in [0, 0.05) is 30.4 Å². The summed E-state index contributed by atoms with van der Waals surface area (Å²) in [4.78, 5) is 18.1. The molecule has 2 aliphatic rings. The highest BCUT2D eigenvalue weighted by molar-refractivity contribution is 5.70. The van der Waals surface area contributed by atoms with Gasteiger partial charge < -0.3 is 9.64 Å². The lowest BCUT2D eigenvalue weighted by molar-refractivity contribution is 0.101. The molecular formula is C14H18N2O2. The fourth-order valence-corrected chi connectivity index (χ4v) is 3.42. The smallest absolute Gasteiger partial charge is 0.410 e. The van der Waals surface area contributed by atoms with Gasteiger partial charge in [0.1, 0.15) is 0 Å². The number of rotatable bonds is 2. The van der Waals surface area contributed by atoms with E-state index in [4.69, 9.17) is 4.74 Å². The van der Waals surface area contributed by atoms with Crippen molar-refractivity contribution < 1.29 is 9.53 Å². The van der Waals surface area contributed by atoms with Crippen molar-refractivity contribution in [2.45, 2.75) is 44.2 Å². The van der Waals surface area contributed by atoms with Crippen LogP contribution in [0.3, 0.4) is 0 Å². The van der Waals surface area contributed by atoms with Crippen LogP contribution in [0.4, 0.5) is 4.79 Å². The van der Waals surface area contributed by atoms with Crippen molar-refractivity contribution in [2.75, 3.05) is 6.61 Å². The van der Waals surface area contributed by atoms with Crippen molar-refractivity contribution in [1.82, 2.24) is 9.88 Å². The number of hydrogen-bond donors (Lipinski definition) is 0. The molecule has 0 radical (unpaired) electrons. The van der Waals surface area contributed by atoms with E-state index in [1.807, 2.05) is 24.1 Å². The lowest BCUT2D eigenvalue weighted by Crippen LogP contribution is -2.36. The van der Waals surface area contributed by atoms with Gasteiger partial charge in [0.15, 0.2) is 0 Å². The second-order valence-electron chi connectivity index (χ2n) is 5.03. The molecule has 3 atom stereocenters. The van der Waals surface area contributed by atoms with Crippen molar-refractivity contribution >= 4 is 6.09 Å². The molecule has 2 aliphatic heterocycles. The fourth-order valence-electron chi connectivity index (χ4n) is 3.42. The number of nitrogens with zero attached hydrogens (tertiary/aromatic N) is 2. The summed E-state index contributed by atoms with van der Waals surface area (Å²) >= 11 is 0. The van der Waals surface area contributed by atoms with Gasteiger partial charge in [-0.1, -0.05) is 6.07 Å². The third-order valence-corrected chi connectivity index (χ3v) is 4.13. The molecular weight excluding hydrogens is 228 g/mol. The number of fused-ring (bicyclic) bond motifs is 2. The van der Waals surface area contributed by atoms with Crippen LogP contribution in [0.1, 0.15) is 37.7 Å². The van der Waals surface area contributed by atoms with Crippen LogP contribution >= 0.6 is 0 Å². The minimum atomic E-state index is -0.142. The topological polar surface area (TPSA) is 42.4 Å². The summed E-state index contributed by atoms with van der Waals surface area (Å²) in [6.45, 7) is 2.31. The van der Waals surface area contributed by atoms with Crippen LogP contribution < -0.4 is 0 Å². The van der Waals surface area contributed by atoms with E-state index < -0.39 is 0 Å². The second kappa shape index (κ2) is 4.59. The number of aromatic nitrogens is 1. The average molecular weight is 246 g/mol.